The zero-order valence-corrected chi connectivity index (χ0v) is 12.0. The lowest BCUT2D eigenvalue weighted by Crippen LogP contribution is -2.60. The van der Waals surface area contributed by atoms with E-state index in [-0.39, 0.29) is 0 Å². The molecule has 1 aliphatic heterocycles. The minimum atomic E-state index is 0.305. The Morgan fingerprint density at radius 3 is 2.56 bits per heavy atom. The zero-order chi connectivity index (χ0) is 13.0. The average Bonchev–Trinajstić information content (AvgIpc) is 2.47. The fraction of sp³-hybridized carbons (Fsp3) is 0.625. The van der Waals surface area contributed by atoms with Gasteiger partial charge in [0.1, 0.15) is 0 Å². The predicted octanol–water partition coefficient (Wildman–Crippen LogP) is 3.22. The fourth-order valence-corrected chi connectivity index (χ4v) is 3.00. The number of nitrogens with one attached hydrogen (secondary N) is 1. The van der Waals surface area contributed by atoms with Crippen LogP contribution < -0.4 is 10.2 Å². The van der Waals surface area contributed by atoms with Crippen molar-refractivity contribution in [2.24, 2.45) is 0 Å². The maximum Gasteiger partial charge on any atom is 0.0399 e. The molecule has 0 spiro atoms. The molecule has 1 aliphatic rings. The minimum absolute atomic E-state index is 0.305. The Hall–Kier alpha value is -1.02. The molecule has 2 heteroatoms. The van der Waals surface area contributed by atoms with Crippen LogP contribution in [0.15, 0.2) is 24.3 Å². The highest BCUT2D eigenvalue weighted by molar-refractivity contribution is 5.54. The van der Waals surface area contributed by atoms with Crippen molar-refractivity contribution in [2.45, 2.75) is 45.6 Å². The van der Waals surface area contributed by atoms with Gasteiger partial charge in [0.15, 0.2) is 0 Å². The van der Waals surface area contributed by atoms with Crippen LogP contribution in [0.4, 0.5) is 5.69 Å². The number of para-hydroxylation sites is 1. The maximum absolute atomic E-state index is 3.73. The van der Waals surface area contributed by atoms with Gasteiger partial charge in [0.25, 0.3) is 0 Å². The van der Waals surface area contributed by atoms with Crippen LogP contribution in [0.5, 0.6) is 0 Å². The molecule has 2 nitrogen and oxygen atoms in total. The van der Waals surface area contributed by atoms with Crippen LogP contribution in [0.3, 0.4) is 0 Å². The summed E-state index contributed by atoms with van der Waals surface area (Å²) in [6.07, 6.45) is 3.52. The Morgan fingerprint density at radius 1 is 1.17 bits per heavy atom. The van der Waals surface area contributed by atoms with E-state index in [9.17, 15) is 0 Å². The highest BCUT2D eigenvalue weighted by atomic mass is 15.2. The molecule has 1 heterocycles. The van der Waals surface area contributed by atoms with Gasteiger partial charge in [0.2, 0.25) is 0 Å². The predicted molar refractivity (Wildman–Crippen MR) is 79.3 cm³/mol. The average molecular weight is 246 g/mol. The number of hydrogen-bond acceptors (Lipinski definition) is 2. The van der Waals surface area contributed by atoms with Crippen molar-refractivity contribution >= 4 is 5.69 Å². The van der Waals surface area contributed by atoms with Gasteiger partial charge in [-0.05, 0) is 30.9 Å². The summed E-state index contributed by atoms with van der Waals surface area (Å²) in [5.74, 6) is 0. The molecular weight excluding hydrogens is 220 g/mol. The molecule has 1 saturated heterocycles. The molecule has 2 rings (SSSR count). The number of aryl methyl sites for hydroxylation is 1. The lowest BCUT2D eigenvalue weighted by Gasteiger charge is -2.44. The van der Waals surface area contributed by atoms with Crippen molar-refractivity contribution < 1.29 is 0 Å². The molecule has 18 heavy (non-hydrogen) atoms. The first kappa shape index (κ1) is 13.4. The van der Waals surface area contributed by atoms with Crippen LogP contribution in [-0.2, 0) is 6.42 Å². The smallest absolute Gasteiger partial charge is 0.0399 e. The Bertz CT molecular complexity index is 382. The summed E-state index contributed by atoms with van der Waals surface area (Å²) in [5, 5.41) is 3.73. The maximum atomic E-state index is 3.73. The second kappa shape index (κ2) is 5.75. The third-order valence-corrected chi connectivity index (χ3v) is 4.44. The van der Waals surface area contributed by atoms with Gasteiger partial charge in [-0.15, -0.1) is 0 Å². The van der Waals surface area contributed by atoms with E-state index in [0.29, 0.717) is 5.54 Å². The molecular formula is C16H26N2. The molecule has 0 bridgehead atoms. The van der Waals surface area contributed by atoms with Crippen molar-refractivity contribution in [2.75, 3.05) is 24.5 Å². The summed E-state index contributed by atoms with van der Waals surface area (Å²) in [6.45, 7) is 10.2. The van der Waals surface area contributed by atoms with Crippen LogP contribution >= 0.6 is 0 Å². The SMILES string of the molecule is CCc1ccccc1N1CCNC(CC)(CC)C1. The molecule has 0 aromatic heterocycles. The lowest BCUT2D eigenvalue weighted by atomic mass is 9.89. The number of anilines is 1. The van der Waals surface area contributed by atoms with Gasteiger partial charge >= 0.3 is 0 Å². The summed E-state index contributed by atoms with van der Waals surface area (Å²) in [4.78, 5) is 2.57. The Kier molecular flexibility index (Phi) is 4.28. The number of rotatable bonds is 4. The van der Waals surface area contributed by atoms with Crippen LogP contribution in [0.2, 0.25) is 0 Å². The van der Waals surface area contributed by atoms with Crippen molar-refractivity contribution in [3.63, 3.8) is 0 Å². The van der Waals surface area contributed by atoms with E-state index < -0.39 is 0 Å². The minimum Gasteiger partial charge on any atom is -0.368 e. The van der Waals surface area contributed by atoms with Crippen molar-refractivity contribution in [1.29, 1.82) is 0 Å². The molecule has 100 valence electrons. The van der Waals surface area contributed by atoms with E-state index in [1.54, 1.807) is 0 Å². The normalized spacial score (nSPS) is 18.9. The first-order valence-electron chi connectivity index (χ1n) is 7.32. The molecule has 1 fully saturated rings. The van der Waals surface area contributed by atoms with Gasteiger partial charge in [-0.1, -0.05) is 39.0 Å². The number of nitrogens with zero attached hydrogens (tertiary/aromatic N) is 1. The Labute approximate surface area is 111 Å². The monoisotopic (exact) mass is 246 g/mol. The third-order valence-electron chi connectivity index (χ3n) is 4.44. The van der Waals surface area contributed by atoms with Gasteiger partial charge in [0, 0.05) is 30.9 Å². The topological polar surface area (TPSA) is 15.3 Å². The van der Waals surface area contributed by atoms with Gasteiger partial charge in [-0.25, -0.2) is 0 Å². The lowest BCUT2D eigenvalue weighted by molar-refractivity contribution is 0.277. The summed E-state index contributed by atoms with van der Waals surface area (Å²) in [6, 6.07) is 8.85. The molecule has 0 radical (unpaired) electrons. The van der Waals surface area contributed by atoms with Crippen LogP contribution in [0, 0.1) is 0 Å². The van der Waals surface area contributed by atoms with Crippen molar-refractivity contribution in [3.8, 4) is 0 Å². The van der Waals surface area contributed by atoms with E-state index in [2.05, 4.69) is 55.3 Å². The third kappa shape index (κ3) is 2.54. The molecule has 1 N–H and O–H groups in total. The van der Waals surface area contributed by atoms with E-state index >= 15 is 0 Å². The van der Waals surface area contributed by atoms with E-state index in [1.807, 2.05) is 0 Å². The summed E-state index contributed by atoms with van der Waals surface area (Å²) >= 11 is 0. The second-order valence-corrected chi connectivity index (χ2v) is 5.32. The number of hydrogen-bond donors (Lipinski definition) is 1. The van der Waals surface area contributed by atoms with Crippen molar-refractivity contribution in [1.82, 2.24) is 5.32 Å². The summed E-state index contributed by atoms with van der Waals surface area (Å²) < 4.78 is 0. The summed E-state index contributed by atoms with van der Waals surface area (Å²) in [5.41, 5.74) is 3.22. The quantitative estimate of drug-likeness (QED) is 0.877. The van der Waals surface area contributed by atoms with Crippen LogP contribution in [-0.4, -0.2) is 25.2 Å². The standard InChI is InChI=1S/C16H26N2/c1-4-14-9-7-8-10-15(14)18-12-11-17-16(5-2,6-3)13-18/h7-10,17H,4-6,11-13H2,1-3H3. The van der Waals surface area contributed by atoms with Gasteiger partial charge in [-0.3, -0.25) is 0 Å². The van der Waals surface area contributed by atoms with E-state index in [0.717, 1.165) is 26.1 Å². The van der Waals surface area contributed by atoms with Crippen LogP contribution in [0.25, 0.3) is 0 Å². The molecule has 0 saturated carbocycles. The molecule has 0 aliphatic carbocycles. The highest BCUT2D eigenvalue weighted by Gasteiger charge is 2.32. The first-order chi connectivity index (χ1) is 8.74. The highest BCUT2D eigenvalue weighted by Crippen LogP contribution is 2.27. The van der Waals surface area contributed by atoms with Crippen LogP contribution in [0.1, 0.15) is 39.2 Å². The second-order valence-electron chi connectivity index (χ2n) is 5.32. The number of benzene rings is 1. The van der Waals surface area contributed by atoms with E-state index in [1.165, 1.54) is 24.1 Å². The number of piperazine rings is 1. The molecule has 0 unspecified atom stereocenters. The Balaban J connectivity index is 2.23. The molecule has 1 aromatic carbocycles. The first-order valence-corrected chi connectivity index (χ1v) is 7.32. The largest absolute Gasteiger partial charge is 0.368 e. The van der Waals surface area contributed by atoms with Gasteiger partial charge in [-0.2, -0.15) is 0 Å². The Morgan fingerprint density at radius 2 is 1.89 bits per heavy atom. The fourth-order valence-electron chi connectivity index (χ4n) is 3.00. The molecule has 1 aromatic rings. The van der Waals surface area contributed by atoms with E-state index in [4.69, 9.17) is 0 Å². The zero-order valence-electron chi connectivity index (χ0n) is 12.0. The molecule has 0 atom stereocenters. The molecule has 0 amide bonds. The summed E-state index contributed by atoms with van der Waals surface area (Å²) in [7, 11) is 0. The van der Waals surface area contributed by atoms with Gasteiger partial charge in [0.05, 0.1) is 0 Å². The van der Waals surface area contributed by atoms with Crippen molar-refractivity contribution in [3.05, 3.63) is 29.8 Å². The van der Waals surface area contributed by atoms with Gasteiger partial charge < -0.3 is 10.2 Å².